The molecule has 0 aliphatic heterocycles. The summed E-state index contributed by atoms with van der Waals surface area (Å²) in [7, 11) is 0. The number of benzene rings is 2. The molecule has 0 bridgehead atoms. The molecule has 1 heterocycles. The minimum atomic E-state index is 0.700. The van der Waals surface area contributed by atoms with Crippen LogP contribution in [0.15, 0.2) is 52.9 Å². The van der Waals surface area contributed by atoms with Crippen molar-refractivity contribution in [1.29, 1.82) is 0 Å². The van der Waals surface area contributed by atoms with Gasteiger partial charge < -0.3 is 4.42 Å². The third-order valence-electron chi connectivity index (χ3n) is 3.51. The molecule has 0 aliphatic carbocycles. The second kappa shape index (κ2) is 5.49. The first kappa shape index (κ1) is 12.9. The smallest absolute Gasteiger partial charge is 0.227 e. The van der Waals surface area contributed by atoms with Crippen LogP contribution in [0.5, 0.6) is 0 Å². The largest absolute Gasteiger partial charge is 0.436 e. The molecule has 0 fully saturated rings. The van der Waals surface area contributed by atoms with Crippen molar-refractivity contribution < 1.29 is 4.42 Å². The second-order valence-corrected chi connectivity index (χ2v) is 5.58. The van der Waals surface area contributed by atoms with Crippen molar-refractivity contribution in [3.05, 3.63) is 54.1 Å². The fourth-order valence-electron chi connectivity index (χ4n) is 2.36. The lowest BCUT2D eigenvalue weighted by atomic mass is 10.0. The Balaban J connectivity index is 2.00. The monoisotopic (exact) mass is 265 g/mol. The molecule has 3 rings (SSSR count). The average Bonchev–Trinajstić information content (AvgIpc) is 2.90. The summed E-state index contributed by atoms with van der Waals surface area (Å²) >= 11 is 0. The van der Waals surface area contributed by atoms with E-state index in [1.165, 1.54) is 12.0 Å². The third kappa shape index (κ3) is 2.60. The SMILES string of the molecule is CC(C)CCc1cccc2oc(-c3ccccc3)nc12. The summed E-state index contributed by atoms with van der Waals surface area (Å²) in [4.78, 5) is 4.69. The van der Waals surface area contributed by atoms with E-state index in [0.717, 1.165) is 23.1 Å². The van der Waals surface area contributed by atoms with Crippen LogP contribution in [-0.2, 0) is 6.42 Å². The highest BCUT2D eigenvalue weighted by molar-refractivity contribution is 5.79. The molecular formula is C18H19NO. The fourth-order valence-corrected chi connectivity index (χ4v) is 2.36. The van der Waals surface area contributed by atoms with Crippen molar-refractivity contribution >= 4 is 11.1 Å². The van der Waals surface area contributed by atoms with Gasteiger partial charge in [-0.1, -0.05) is 44.2 Å². The second-order valence-electron chi connectivity index (χ2n) is 5.58. The van der Waals surface area contributed by atoms with E-state index in [4.69, 9.17) is 9.40 Å². The Morgan fingerprint density at radius 2 is 1.80 bits per heavy atom. The Kier molecular flexibility index (Phi) is 3.55. The maximum absolute atomic E-state index is 5.89. The van der Waals surface area contributed by atoms with E-state index in [2.05, 4.69) is 26.0 Å². The van der Waals surface area contributed by atoms with Crippen LogP contribution in [0.4, 0.5) is 0 Å². The van der Waals surface area contributed by atoms with Crippen LogP contribution in [0, 0.1) is 5.92 Å². The Morgan fingerprint density at radius 1 is 1.00 bits per heavy atom. The zero-order chi connectivity index (χ0) is 13.9. The number of hydrogen-bond donors (Lipinski definition) is 0. The molecule has 3 aromatic rings. The summed E-state index contributed by atoms with van der Waals surface area (Å²) in [5.41, 5.74) is 4.19. The molecule has 2 heteroatoms. The summed E-state index contributed by atoms with van der Waals surface area (Å²) in [5.74, 6) is 1.41. The third-order valence-corrected chi connectivity index (χ3v) is 3.51. The molecule has 0 radical (unpaired) electrons. The van der Waals surface area contributed by atoms with E-state index in [0.29, 0.717) is 11.8 Å². The number of oxazole rings is 1. The van der Waals surface area contributed by atoms with Crippen molar-refractivity contribution in [2.75, 3.05) is 0 Å². The summed E-state index contributed by atoms with van der Waals surface area (Å²) in [6.45, 7) is 4.50. The van der Waals surface area contributed by atoms with Gasteiger partial charge in [0.05, 0.1) is 0 Å². The quantitative estimate of drug-likeness (QED) is 0.657. The molecule has 20 heavy (non-hydrogen) atoms. The lowest BCUT2D eigenvalue weighted by molar-refractivity contribution is 0.587. The van der Waals surface area contributed by atoms with Gasteiger partial charge in [-0.3, -0.25) is 0 Å². The normalized spacial score (nSPS) is 11.3. The number of para-hydroxylation sites is 1. The van der Waals surface area contributed by atoms with Crippen LogP contribution in [0.3, 0.4) is 0 Å². The van der Waals surface area contributed by atoms with Crippen molar-refractivity contribution in [1.82, 2.24) is 4.98 Å². The van der Waals surface area contributed by atoms with E-state index >= 15 is 0 Å². The maximum Gasteiger partial charge on any atom is 0.227 e. The van der Waals surface area contributed by atoms with Crippen molar-refractivity contribution in [2.45, 2.75) is 26.7 Å². The molecule has 0 unspecified atom stereocenters. The Morgan fingerprint density at radius 3 is 2.55 bits per heavy atom. The summed E-state index contributed by atoms with van der Waals surface area (Å²) in [5, 5.41) is 0. The van der Waals surface area contributed by atoms with E-state index in [1.54, 1.807) is 0 Å². The van der Waals surface area contributed by atoms with Gasteiger partial charge in [0.2, 0.25) is 5.89 Å². The Hall–Kier alpha value is -2.09. The van der Waals surface area contributed by atoms with Crippen LogP contribution in [0.2, 0.25) is 0 Å². The van der Waals surface area contributed by atoms with Crippen molar-refractivity contribution in [2.24, 2.45) is 5.92 Å². The van der Waals surface area contributed by atoms with Crippen LogP contribution < -0.4 is 0 Å². The molecule has 0 saturated carbocycles. The van der Waals surface area contributed by atoms with Gasteiger partial charge in [0.15, 0.2) is 5.58 Å². The van der Waals surface area contributed by atoms with Gasteiger partial charge in [0.25, 0.3) is 0 Å². The molecule has 0 atom stereocenters. The average molecular weight is 265 g/mol. The molecule has 1 aromatic heterocycles. The lowest BCUT2D eigenvalue weighted by Crippen LogP contribution is -1.93. The Labute approximate surface area is 119 Å². The highest BCUT2D eigenvalue weighted by Crippen LogP contribution is 2.27. The summed E-state index contributed by atoms with van der Waals surface area (Å²) < 4.78 is 5.89. The highest BCUT2D eigenvalue weighted by Gasteiger charge is 2.11. The first-order chi connectivity index (χ1) is 9.74. The summed E-state index contributed by atoms with van der Waals surface area (Å²) in [6.07, 6.45) is 2.22. The van der Waals surface area contributed by atoms with Crippen LogP contribution in [0.1, 0.15) is 25.8 Å². The first-order valence-corrected chi connectivity index (χ1v) is 7.18. The van der Waals surface area contributed by atoms with Crippen LogP contribution in [-0.4, -0.2) is 4.98 Å². The Bertz CT molecular complexity index is 698. The molecule has 2 nitrogen and oxygen atoms in total. The highest BCUT2D eigenvalue weighted by atomic mass is 16.3. The molecule has 0 aliphatic rings. The minimum Gasteiger partial charge on any atom is -0.436 e. The van der Waals surface area contributed by atoms with E-state index in [-0.39, 0.29) is 0 Å². The molecule has 0 N–H and O–H groups in total. The molecule has 0 amide bonds. The van der Waals surface area contributed by atoms with Crippen molar-refractivity contribution in [3.8, 4) is 11.5 Å². The fraction of sp³-hybridized carbons (Fsp3) is 0.278. The zero-order valence-electron chi connectivity index (χ0n) is 12.0. The number of fused-ring (bicyclic) bond motifs is 1. The maximum atomic E-state index is 5.89. The van der Waals surface area contributed by atoms with Gasteiger partial charge in [-0.25, -0.2) is 4.98 Å². The summed E-state index contributed by atoms with van der Waals surface area (Å²) in [6, 6.07) is 16.3. The molecular weight excluding hydrogens is 246 g/mol. The molecule has 0 saturated heterocycles. The van der Waals surface area contributed by atoms with E-state index in [9.17, 15) is 0 Å². The lowest BCUT2D eigenvalue weighted by Gasteiger charge is -2.04. The van der Waals surface area contributed by atoms with Gasteiger partial charge in [-0.2, -0.15) is 0 Å². The number of rotatable bonds is 4. The van der Waals surface area contributed by atoms with Gasteiger partial charge in [-0.05, 0) is 42.5 Å². The zero-order valence-corrected chi connectivity index (χ0v) is 12.0. The predicted molar refractivity (Wildman–Crippen MR) is 82.6 cm³/mol. The number of aryl methyl sites for hydroxylation is 1. The van der Waals surface area contributed by atoms with Crippen LogP contribution in [0.25, 0.3) is 22.6 Å². The van der Waals surface area contributed by atoms with Gasteiger partial charge in [0, 0.05) is 5.56 Å². The first-order valence-electron chi connectivity index (χ1n) is 7.18. The number of aromatic nitrogens is 1. The van der Waals surface area contributed by atoms with E-state index in [1.807, 2.05) is 36.4 Å². The molecule has 2 aromatic carbocycles. The van der Waals surface area contributed by atoms with Gasteiger partial charge >= 0.3 is 0 Å². The topological polar surface area (TPSA) is 26.0 Å². The van der Waals surface area contributed by atoms with Gasteiger partial charge in [0.1, 0.15) is 5.52 Å². The predicted octanol–water partition coefficient (Wildman–Crippen LogP) is 5.08. The van der Waals surface area contributed by atoms with Crippen molar-refractivity contribution in [3.63, 3.8) is 0 Å². The minimum absolute atomic E-state index is 0.700. The van der Waals surface area contributed by atoms with Gasteiger partial charge in [-0.15, -0.1) is 0 Å². The number of nitrogens with zero attached hydrogens (tertiary/aromatic N) is 1. The number of hydrogen-bond acceptors (Lipinski definition) is 2. The van der Waals surface area contributed by atoms with Crippen LogP contribution >= 0.6 is 0 Å². The molecule has 0 spiro atoms. The standard InChI is InChI=1S/C18H19NO/c1-13(2)11-12-14-9-6-10-16-17(14)19-18(20-16)15-7-4-3-5-8-15/h3-10,13H,11-12H2,1-2H3. The molecule has 102 valence electrons. The van der Waals surface area contributed by atoms with E-state index < -0.39 is 0 Å².